The molecule has 0 saturated heterocycles. The van der Waals surface area contributed by atoms with E-state index in [1.807, 2.05) is 31.2 Å². The second-order valence-corrected chi connectivity index (χ2v) is 3.60. The van der Waals surface area contributed by atoms with Gasteiger partial charge in [-0.1, -0.05) is 51.2 Å². The van der Waals surface area contributed by atoms with Crippen LogP contribution in [-0.2, 0) is 4.74 Å². The van der Waals surface area contributed by atoms with E-state index in [9.17, 15) is 0 Å². The third kappa shape index (κ3) is 7.15. The Labute approximate surface area is 94.5 Å². The summed E-state index contributed by atoms with van der Waals surface area (Å²) in [7, 11) is 0. The van der Waals surface area contributed by atoms with Crippen LogP contribution in [0.5, 0.6) is 0 Å². The summed E-state index contributed by atoms with van der Waals surface area (Å²) in [6, 6.07) is 0. The highest BCUT2D eigenvalue weighted by Gasteiger charge is 2.04. The minimum atomic E-state index is 0.393. The van der Waals surface area contributed by atoms with Crippen LogP contribution in [0.3, 0.4) is 0 Å². The van der Waals surface area contributed by atoms with Crippen molar-refractivity contribution >= 4 is 0 Å². The van der Waals surface area contributed by atoms with Crippen molar-refractivity contribution in [2.45, 2.75) is 46.1 Å². The quantitative estimate of drug-likeness (QED) is 0.541. The van der Waals surface area contributed by atoms with Gasteiger partial charge in [-0.05, 0) is 25.3 Å². The summed E-state index contributed by atoms with van der Waals surface area (Å²) in [5, 5.41) is 0. The molecule has 0 aliphatic heterocycles. The highest BCUT2D eigenvalue weighted by atomic mass is 16.5. The SMILES string of the molecule is C=C/C(=C\C=C/C)COC(CC)CCC. The van der Waals surface area contributed by atoms with Gasteiger partial charge in [0.2, 0.25) is 0 Å². The standard InChI is InChI=1S/C14H24O/c1-5-9-11-13(7-3)12-15-14(8-4)10-6-2/h5,7,9,11,14H,3,6,8,10,12H2,1-2,4H3/b9-5-,13-11+. The third-order valence-electron chi connectivity index (χ3n) is 2.32. The van der Waals surface area contributed by atoms with Crippen LogP contribution >= 0.6 is 0 Å². The molecule has 15 heavy (non-hydrogen) atoms. The van der Waals surface area contributed by atoms with Gasteiger partial charge in [0, 0.05) is 0 Å². The van der Waals surface area contributed by atoms with E-state index in [-0.39, 0.29) is 0 Å². The Balaban J connectivity index is 4.02. The highest BCUT2D eigenvalue weighted by Crippen LogP contribution is 2.09. The Morgan fingerprint density at radius 2 is 2.13 bits per heavy atom. The molecular weight excluding hydrogens is 184 g/mol. The Morgan fingerprint density at radius 3 is 2.60 bits per heavy atom. The minimum absolute atomic E-state index is 0.393. The molecule has 86 valence electrons. The zero-order chi connectivity index (χ0) is 11.5. The Bertz CT molecular complexity index is 213. The van der Waals surface area contributed by atoms with Crippen molar-refractivity contribution < 1.29 is 4.74 Å². The van der Waals surface area contributed by atoms with E-state index in [0.717, 1.165) is 18.4 Å². The summed E-state index contributed by atoms with van der Waals surface area (Å²) >= 11 is 0. The van der Waals surface area contributed by atoms with Crippen molar-refractivity contribution in [2.24, 2.45) is 0 Å². The molecule has 1 unspecified atom stereocenters. The van der Waals surface area contributed by atoms with Gasteiger partial charge < -0.3 is 4.74 Å². The van der Waals surface area contributed by atoms with E-state index in [2.05, 4.69) is 20.4 Å². The first-order valence-electron chi connectivity index (χ1n) is 5.84. The zero-order valence-electron chi connectivity index (χ0n) is 10.3. The van der Waals surface area contributed by atoms with Crippen LogP contribution in [0.1, 0.15) is 40.0 Å². The monoisotopic (exact) mass is 208 g/mol. The lowest BCUT2D eigenvalue weighted by atomic mass is 10.1. The van der Waals surface area contributed by atoms with Gasteiger partial charge in [-0.15, -0.1) is 0 Å². The molecule has 0 heterocycles. The fourth-order valence-electron chi connectivity index (χ4n) is 1.34. The summed E-state index contributed by atoms with van der Waals surface area (Å²) in [6.07, 6.45) is 11.7. The van der Waals surface area contributed by atoms with E-state index in [1.54, 1.807) is 0 Å². The van der Waals surface area contributed by atoms with Gasteiger partial charge in [-0.25, -0.2) is 0 Å². The van der Waals surface area contributed by atoms with Crippen molar-refractivity contribution in [1.29, 1.82) is 0 Å². The Kier molecular flexibility index (Phi) is 9.19. The lowest BCUT2D eigenvalue weighted by molar-refractivity contribution is 0.0615. The van der Waals surface area contributed by atoms with Gasteiger partial charge in [-0.2, -0.15) is 0 Å². The zero-order valence-corrected chi connectivity index (χ0v) is 10.3. The summed E-state index contributed by atoms with van der Waals surface area (Å²) in [6.45, 7) is 10.8. The average molecular weight is 208 g/mol. The molecule has 0 saturated carbocycles. The Morgan fingerprint density at radius 1 is 1.40 bits per heavy atom. The third-order valence-corrected chi connectivity index (χ3v) is 2.32. The fourth-order valence-corrected chi connectivity index (χ4v) is 1.34. The fraction of sp³-hybridized carbons (Fsp3) is 0.571. The highest BCUT2D eigenvalue weighted by molar-refractivity contribution is 5.22. The maximum Gasteiger partial charge on any atom is 0.0720 e. The maximum absolute atomic E-state index is 5.81. The number of allylic oxidation sites excluding steroid dienone is 3. The lowest BCUT2D eigenvalue weighted by Crippen LogP contribution is -2.12. The maximum atomic E-state index is 5.81. The van der Waals surface area contributed by atoms with Gasteiger partial charge in [-0.3, -0.25) is 0 Å². The number of hydrogen-bond acceptors (Lipinski definition) is 1. The molecule has 0 rings (SSSR count). The smallest absolute Gasteiger partial charge is 0.0720 e. The van der Waals surface area contributed by atoms with Gasteiger partial charge >= 0.3 is 0 Å². The first-order valence-corrected chi connectivity index (χ1v) is 5.84. The molecule has 0 spiro atoms. The van der Waals surface area contributed by atoms with Crippen LogP contribution in [0.2, 0.25) is 0 Å². The molecule has 1 nitrogen and oxygen atoms in total. The van der Waals surface area contributed by atoms with E-state index < -0.39 is 0 Å². The molecule has 1 heteroatoms. The van der Waals surface area contributed by atoms with Gasteiger partial charge in [0.05, 0.1) is 12.7 Å². The van der Waals surface area contributed by atoms with Crippen LogP contribution in [-0.4, -0.2) is 12.7 Å². The normalized spacial score (nSPS) is 14.5. The van der Waals surface area contributed by atoms with Crippen LogP contribution in [0.4, 0.5) is 0 Å². The summed E-state index contributed by atoms with van der Waals surface area (Å²) in [4.78, 5) is 0. The van der Waals surface area contributed by atoms with Crippen LogP contribution in [0.15, 0.2) is 36.5 Å². The van der Waals surface area contributed by atoms with Crippen molar-refractivity contribution in [3.05, 3.63) is 36.5 Å². The van der Waals surface area contributed by atoms with Crippen LogP contribution in [0.25, 0.3) is 0 Å². The van der Waals surface area contributed by atoms with Crippen LogP contribution in [0, 0.1) is 0 Å². The molecule has 0 aromatic carbocycles. The summed E-state index contributed by atoms with van der Waals surface area (Å²) in [5.74, 6) is 0. The Hall–Kier alpha value is -0.820. The number of rotatable bonds is 8. The molecule has 0 aromatic heterocycles. The van der Waals surface area contributed by atoms with E-state index in [1.165, 1.54) is 6.42 Å². The largest absolute Gasteiger partial charge is 0.374 e. The van der Waals surface area contributed by atoms with E-state index >= 15 is 0 Å². The summed E-state index contributed by atoms with van der Waals surface area (Å²) in [5.41, 5.74) is 1.14. The van der Waals surface area contributed by atoms with Crippen LogP contribution < -0.4 is 0 Å². The molecule has 0 radical (unpaired) electrons. The van der Waals surface area contributed by atoms with Gasteiger partial charge in [0.25, 0.3) is 0 Å². The average Bonchev–Trinajstić information content (AvgIpc) is 2.27. The molecule has 0 aliphatic carbocycles. The first kappa shape index (κ1) is 14.2. The van der Waals surface area contributed by atoms with Crippen molar-refractivity contribution in [1.82, 2.24) is 0 Å². The van der Waals surface area contributed by atoms with Gasteiger partial charge in [0.15, 0.2) is 0 Å². The lowest BCUT2D eigenvalue weighted by Gasteiger charge is -2.15. The van der Waals surface area contributed by atoms with E-state index in [0.29, 0.717) is 12.7 Å². The van der Waals surface area contributed by atoms with E-state index in [4.69, 9.17) is 4.74 Å². The molecule has 1 atom stereocenters. The topological polar surface area (TPSA) is 9.23 Å². The first-order chi connectivity index (χ1) is 7.28. The second kappa shape index (κ2) is 9.72. The molecule has 0 aromatic rings. The summed E-state index contributed by atoms with van der Waals surface area (Å²) < 4.78 is 5.81. The predicted molar refractivity (Wildman–Crippen MR) is 68.0 cm³/mol. The minimum Gasteiger partial charge on any atom is -0.374 e. The van der Waals surface area contributed by atoms with Crippen molar-refractivity contribution in [3.8, 4) is 0 Å². The molecule has 0 fully saturated rings. The number of ether oxygens (including phenoxy) is 1. The van der Waals surface area contributed by atoms with Crippen molar-refractivity contribution in [2.75, 3.05) is 6.61 Å². The molecule has 0 N–H and O–H groups in total. The molecule has 0 bridgehead atoms. The predicted octanol–water partition coefficient (Wildman–Crippen LogP) is 4.27. The number of hydrogen-bond donors (Lipinski definition) is 0. The molecular formula is C14H24O. The molecule has 0 amide bonds. The molecule has 0 aliphatic rings. The van der Waals surface area contributed by atoms with Gasteiger partial charge in [0.1, 0.15) is 0 Å². The van der Waals surface area contributed by atoms with Crippen molar-refractivity contribution in [3.63, 3.8) is 0 Å². The second-order valence-electron chi connectivity index (χ2n) is 3.60.